The number of hydrogen-bond acceptors (Lipinski definition) is 6. The number of aromatic nitrogens is 4. The molecule has 0 radical (unpaired) electrons. The summed E-state index contributed by atoms with van der Waals surface area (Å²) in [4.78, 5) is 20.6. The number of pyridine rings is 1. The average Bonchev–Trinajstić information content (AvgIpc) is 3.40. The van der Waals surface area contributed by atoms with Gasteiger partial charge >= 0.3 is 0 Å². The quantitative estimate of drug-likeness (QED) is 0.271. The minimum absolute atomic E-state index is 0.0124. The summed E-state index contributed by atoms with van der Waals surface area (Å²) in [5.41, 5.74) is 7.13. The number of ketones is 1. The number of aryl methyl sites for hydroxylation is 1. The molecule has 0 fully saturated rings. The Morgan fingerprint density at radius 2 is 1.92 bits per heavy atom. The van der Waals surface area contributed by atoms with Gasteiger partial charge in [0.15, 0.2) is 11.6 Å². The predicted molar refractivity (Wildman–Crippen MR) is 138 cm³/mol. The number of fused-ring (bicyclic) bond motifs is 2. The van der Waals surface area contributed by atoms with Crippen molar-refractivity contribution in [3.05, 3.63) is 71.6 Å². The van der Waals surface area contributed by atoms with E-state index in [2.05, 4.69) is 19.8 Å². The molecular weight excluding hydrogens is 502 g/mol. The van der Waals surface area contributed by atoms with Gasteiger partial charge in [0.25, 0.3) is 0 Å². The zero-order valence-corrected chi connectivity index (χ0v) is 20.7. The molecule has 12 heteroatoms. The van der Waals surface area contributed by atoms with Crippen molar-refractivity contribution in [2.24, 2.45) is 7.05 Å². The number of rotatable bonds is 7. The number of carbonyl (C=O) groups excluding carboxylic acids is 1. The number of H-pyrrole nitrogens is 1. The molecule has 0 bridgehead atoms. The number of nitrogens with two attached hydrogens (primary N) is 1. The standard InChI is InChI=1S/C25H22F2N6O3S/c1-3-8-37(35,36)32-19-7-6-18(26)21(22(19)27)23(34)17-12-30-25-16(17)9-14(11-29-25)13-4-5-15-20(10-13)33(2)31-24(15)28/h4-7,9-12,32H,3,8H2,1-2H3,(H2,28,31)(H,29,30). The van der Waals surface area contributed by atoms with Gasteiger partial charge in [0.05, 0.1) is 22.5 Å². The molecule has 190 valence electrons. The molecule has 0 amide bonds. The fourth-order valence-corrected chi connectivity index (χ4v) is 5.41. The van der Waals surface area contributed by atoms with Gasteiger partial charge in [-0.15, -0.1) is 0 Å². The van der Waals surface area contributed by atoms with Crippen LogP contribution >= 0.6 is 0 Å². The second kappa shape index (κ2) is 8.96. The summed E-state index contributed by atoms with van der Waals surface area (Å²) in [6.45, 7) is 1.65. The molecule has 5 rings (SSSR count). The highest BCUT2D eigenvalue weighted by molar-refractivity contribution is 7.92. The summed E-state index contributed by atoms with van der Waals surface area (Å²) in [6.07, 6.45) is 3.23. The van der Waals surface area contributed by atoms with E-state index in [1.54, 1.807) is 30.9 Å². The van der Waals surface area contributed by atoms with E-state index in [1.165, 1.54) is 6.20 Å². The van der Waals surface area contributed by atoms with Gasteiger partial charge in [-0.2, -0.15) is 5.10 Å². The van der Waals surface area contributed by atoms with Crippen LogP contribution in [-0.2, 0) is 17.1 Å². The summed E-state index contributed by atoms with van der Waals surface area (Å²) in [5.74, 6) is -3.20. The zero-order chi connectivity index (χ0) is 26.5. The van der Waals surface area contributed by atoms with Crippen molar-refractivity contribution < 1.29 is 22.0 Å². The summed E-state index contributed by atoms with van der Waals surface area (Å²) >= 11 is 0. The van der Waals surface area contributed by atoms with E-state index >= 15 is 4.39 Å². The summed E-state index contributed by atoms with van der Waals surface area (Å²) < 4.78 is 57.9. The van der Waals surface area contributed by atoms with Gasteiger partial charge in [-0.25, -0.2) is 22.2 Å². The number of sulfonamides is 1. The molecule has 0 saturated carbocycles. The van der Waals surface area contributed by atoms with Crippen molar-refractivity contribution >= 4 is 49.2 Å². The smallest absolute Gasteiger partial charge is 0.232 e. The van der Waals surface area contributed by atoms with Gasteiger partial charge in [0, 0.05) is 41.3 Å². The summed E-state index contributed by atoms with van der Waals surface area (Å²) in [7, 11) is -2.09. The van der Waals surface area contributed by atoms with Gasteiger partial charge < -0.3 is 10.7 Å². The Morgan fingerprint density at radius 1 is 1.14 bits per heavy atom. The highest BCUT2D eigenvalue weighted by Crippen LogP contribution is 2.31. The topological polar surface area (TPSA) is 136 Å². The molecule has 3 heterocycles. The molecule has 4 N–H and O–H groups in total. The van der Waals surface area contributed by atoms with Crippen molar-refractivity contribution in [3.8, 4) is 11.1 Å². The largest absolute Gasteiger partial charge is 0.382 e. The maximum absolute atomic E-state index is 15.2. The number of halogens is 2. The molecular formula is C25H22F2N6O3S. The molecule has 0 unspecified atom stereocenters. The minimum atomic E-state index is -3.86. The first-order chi connectivity index (χ1) is 17.6. The number of benzene rings is 2. The van der Waals surface area contributed by atoms with Crippen LogP contribution in [-0.4, -0.2) is 39.7 Å². The van der Waals surface area contributed by atoms with Crippen molar-refractivity contribution in [1.29, 1.82) is 0 Å². The first-order valence-electron chi connectivity index (χ1n) is 11.3. The first-order valence-corrected chi connectivity index (χ1v) is 13.0. The molecule has 37 heavy (non-hydrogen) atoms. The van der Waals surface area contributed by atoms with E-state index < -0.39 is 38.7 Å². The minimum Gasteiger partial charge on any atom is -0.382 e. The van der Waals surface area contributed by atoms with E-state index in [-0.39, 0.29) is 11.3 Å². The first kappa shape index (κ1) is 24.4. The summed E-state index contributed by atoms with van der Waals surface area (Å²) in [5, 5.41) is 5.35. The normalized spacial score (nSPS) is 11.9. The molecule has 2 aromatic carbocycles. The van der Waals surface area contributed by atoms with Crippen molar-refractivity contribution in [1.82, 2.24) is 19.7 Å². The van der Waals surface area contributed by atoms with Crippen LogP contribution in [0.1, 0.15) is 29.3 Å². The fourth-order valence-electron chi connectivity index (χ4n) is 4.28. The van der Waals surface area contributed by atoms with Crippen molar-refractivity contribution in [2.75, 3.05) is 16.2 Å². The van der Waals surface area contributed by atoms with Crippen LogP contribution in [0.2, 0.25) is 0 Å². The Kier molecular flexibility index (Phi) is 5.91. The Morgan fingerprint density at radius 3 is 2.68 bits per heavy atom. The summed E-state index contributed by atoms with van der Waals surface area (Å²) in [6, 6.07) is 9.04. The van der Waals surface area contributed by atoms with E-state index in [4.69, 9.17) is 5.73 Å². The average molecular weight is 525 g/mol. The molecule has 0 aliphatic heterocycles. The van der Waals surface area contributed by atoms with Gasteiger partial charge in [-0.1, -0.05) is 13.0 Å². The molecule has 9 nitrogen and oxygen atoms in total. The van der Waals surface area contributed by atoms with Gasteiger partial charge in [0.2, 0.25) is 15.8 Å². The lowest BCUT2D eigenvalue weighted by atomic mass is 9.99. The predicted octanol–water partition coefficient (Wildman–Crippen LogP) is 4.36. The second-order valence-corrected chi connectivity index (χ2v) is 10.4. The van der Waals surface area contributed by atoms with Gasteiger partial charge in [-0.3, -0.25) is 14.2 Å². The van der Waals surface area contributed by atoms with Gasteiger partial charge in [0.1, 0.15) is 11.5 Å². The Labute approximate surface area is 210 Å². The van der Waals surface area contributed by atoms with Crippen LogP contribution in [0.5, 0.6) is 0 Å². The third-order valence-electron chi connectivity index (χ3n) is 6.05. The van der Waals surface area contributed by atoms with Crippen LogP contribution < -0.4 is 10.5 Å². The highest BCUT2D eigenvalue weighted by atomic mass is 32.2. The van der Waals surface area contributed by atoms with Crippen LogP contribution in [0.15, 0.2) is 48.8 Å². The Hall–Kier alpha value is -4.32. The lowest BCUT2D eigenvalue weighted by molar-refractivity contribution is 0.103. The number of hydrogen-bond donors (Lipinski definition) is 3. The number of nitrogens with zero attached hydrogens (tertiary/aromatic N) is 3. The van der Waals surface area contributed by atoms with E-state index in [9.17, 15) is 17.6 Å². The van der Waals surface area contributed by atoms with Crippen LogP contribution in [0, 0.1) is 11.6 Å². The molecule has 5 aromatic rings. The number of nitrogen functional groups attached to an aromatic ring is 1. The monoisotopic (exact) mass is 524 g/mol. The third-order valence-corrected chi connectivity index (χ3v) is 7.52. The Balaban J connectivity index is 1.58. The molecule has 3 aromatic heterocycles. The Bertz CT molecular complexity index is 1810. The maximum atomic E-state index is 15.2. The van der Waals surface area contributed by atoms with Crippen LogP contribution in [0.3, 0.4) is 0 Å². The fraction of sp³-hybridized carbons (Fsp3) is 0.160. The molecule has 0 aliphatic carbocycles. The van der Waals surface area contributed by atoms with E-state index in [1.807, 2.05) is 18.2 Å². The lowest BCUT2D eigenvalue weighted by Gasteiger charge is -2.11. The van der Waals surface area contributed by atoms with E-state index in [0.717, 1.165) is 28.6 Å². The highest BCUT2D eigenvalue weighted by Gasteiger charge is 2.26. The second-order valence-electron chi connectivity index (χ2n) is 8.60. The zero-order valence-electron chi connectivity index (χ0n) is 19.8. The third kappa shape index (κ3) is 4.29. The lowest BCUT2D eigenvalue weighted by Crippen LogP contribution is -2.18. The van der Waals surface area contributed by atoms with E-state index in [0.29, 0.717) is 28.8 Å². The number of aromatic amines is 1. The van der Waals surface area contributed by atoms with Crippen molar-refractivity contribution in [2.45, 2.75) is 13.3 Å². The molecule has 0 atom stereocenters. The molecule has 0 aliphatic rings. The molecule has 0 spiro atoms. The van der Waals surface area contributed by atoms with Crippen LogP contribution in [0.4, 0.5) is 20.3 Å². The van der Waals surface area contributed by atoms with Crippen molar-refractivity contribution in [3.63, 3.8) is 0 Å². The number of carbonyl (C=O) groups is 1. The van der Waals surface area contributed by atoms with Crippen LogP contribution in [0.25, 0.3) is 33.1 Å². The maximum Gasteiger partial charge on any atom is 0.232 e. The number of nitrogens with one attached hydrogen (secondary N) is 2. The number of anilines is 2. The SMILES string of the molecule is CCCS(=O)(=O)Nc1ccc(F)c(C(=O)c2c[nH]c3ncc(-c4ccc5c(N)nn(C)c5c4)cc23)c1F. The molecule has 0 saturated heterocycles. The van der Waals surface area contributed by atoms with Gasteiger partial charge in [-0.05, 0) is 42.3 Å².